The zero-order valence-electron chi connectivity index (χ0n) is 12.2. The van der Waals surface area contributed by atoms with Gasteiger partial charge in [-0.1, -0.05) is 13.8 Å². The average molecular weight is 293 g/mol. The maximum atomic E-state index is 11.9. The average Bonchev–Trinajstić information content (AvgIpc) is 2.87. The van der Waals surface area contributed by atoms with Gasteiger partial charge in [0.1, 0.15) is 0 Å². The molecule has 1 aliphatic heterocycles. The normalized spacial score (nSPS) is 19.0. The highest BCUT2D eigenvalue weighted by atomic mass is 35.5. The van der Waals surface area contributed by atoms with Crippen LogP contribution >= 0.6 is 12.4 Å². The van der Waals surface area contributed by atoms with Crippen LogP contribution in [0.15, 0.2) is 0 Å². The molecule has 4 nitrogen and oxygen atoms in total. The summed E-state index contributed by atoms with van der Waals surface area (Å²) in [5.74, 6) is 0.138. The SMILES string of the molecule is CCC(CC)(CCO)CNC(=O)CC1CCCN1.Cl. The molecule has 0 bridgehead atoms. The molecule has 1 aliphatic rings. The lowest BCUT2D eigenvalue weighted by Crippen LogP contribution is -2.39. The van der Waals surface area contributed by atoms with Crippen LogP contribution in [0.1, 0.15) is 52.4 Å². The largest absolute Gasteiger partial charge is 0.396 e. The number of carbonyl (C=O) groups excluding carboxylic acids is 1. The number of aliphatic hydroxyl groups excluding tert-OH is 1. The van der Waals surface area contributed by atoms with Crippen LogP contribution in [-0.2, 0) is 4.79 Å². The van der Waals surface area contributed by atoms with Gasteiger partial charge in [-0.05, 0) is 44.1 Å². The van der Waals surface area contributed by atoms with Gasteiger partial charge in [-0.25, -0.2) is 0 Å². The van der Waals surface area contributed by atoms with Gasteiger partial charge < -0.3 is 15.7 Å². The van der Waals surface area contributed by atoms with Crippen molar-refractivity contribution in [2.24, 2.45) is 5.41 Å². The quantitative estimate of drug-likeness (QED) is 0.640. The van der Waals surface area contributed by atoms with E-state index in [-0.39, 0.29) is 30.3 Å². The van der Waals surface area contributed by atoms with Gasteiger partial charge in [-0.3, -0.25) is 4.79 Å². The van der Waals surface area contributed by atoms with Crippen molar-refractivity contribution in [3.8, 4) is 0 Å². The van der Waals surface area contributed by atoms with Crippen LogP contribution in [0.4, 0.5) is 0 Å². The molecule has 1 rings (SSSR count). The first kappa shape index (κ1) is 18.7. The zero-order valence-corrected chi connectivity index (χ0v) is 13.0. The molecule has 0 spiro atoms. The molecule has 0 saturated carbocycles. The molecule has 0 aliphatic carbocycles. The summed E-state index contributed by atoms with van der Waals surface area (Å²) in [7, 11) is 0. The summed E-state index contributed by atoms with van der Waals surface area (Å²) in [4.78, 5) is 11.9. The molecule has 1 amide bonds. The fourth-order valence-electron chi connectivity index (χ4n) is 2.69. The second-order valence-corrected chi connectivity index (χ2v) is 5.45. The van der Waals surface area contributed by atoms with Crippen LogP contribution in [-0.4, -0.2) is 36.8 Å². The predicted octanol–water partition coefficient (Wildman–Crippen LogP) is 1.86. The Morgan fingerprint density at radius 3 is 2.58 bits per heavy atom. The summed E-state index contributed by atoms with van der Waals surface area (Å²) in [5, 5.41) is 15.5. The van der Waals surface area contributed by atoms with E-state index in [1.54, 1.807) is 0 Å². The van der Waals surface area contributed by atoms with Crippen molar-refractivity contribution in [2.45, 2.75) is 58.4 Å². The van der Waals surface area contributed by atoms with E-state index >= 15 is 0 Å². The standard InChI is InChI=1S/C14H28N2O2.ClH/c1-3-14(4-2,7-9-17)11-16-13(18)10-12-6-5-8-15-12;/h12,15,17H,3-11H2,1-2H3,(H,16,18);1H. The van der Waals surface area contributed by atoms with Crippen molar-refractivity contribution in [1.29, 1.82) is 0 Å². The molecule has 1 unspecified atom stereocenters. The van der Waals surface area contributed by atoms with E-state index in [9.17, 15) is 4.79 Å². The Bertz CT molecular complexity index is 252. The summed E-state index contributed by atoms with van der Waals surface area (Å²) >= 11 is 0. The molecule has 1 atom stereocenters. The highest BCUT2D eigenvalue weighted by Crippen LogP contribution is 2.29. The van der Waals surface area contributed by atoms with Crippen molar-refractivity contribution in [3.05, 3.63) is 0 Å². The van der Waals surface area contributed by atoms with Crippen LogP contribution in [0.5, 0.6) is 0 Å². The maximum absolute atomic E-state index is 11.9. The summed E-state index contributed by atoms with van der Waals surface area (Å²) < 4.78 is 0. The molecule has 3 N–H and O–H groups in total. The molecule has 1 saturated heterocycles. The Labute approximate surface area is 123 Å². The third kappa shape index (κ3) is 6.11. The Morgan fingerprint density at radius 2 is 2.11 bits per heavy atom. The van der Waals surface area contributed by atoms with Gasteiger partial charge in [-0.2, -0.15) is 0 Å². The van der Waals surface area contributed by atoms with Crippen LogP contribution in [0.2, 0.25) is 0 Å². The molecule has 1 heterocycles. The summed E-state index contributed by atoms with van der Waals surface area (Å²) in [6.07, 6.45) is 5.62. The molecular weight excluding hydrogens is 264 g/mol. The van der Waals surface area contributed by atoms with Crippen molar-refractivity contribution >= 4 is 18.3 Å². The van der Waals surface area contributed by atoms with Gasteiger partial charge in [0.05, 0.1) is 0 Å². The highest BCUT2D eigenvalue weighted by molar-refractivity contribution is 5.85. The van der Waals surface area contributed by atoms with Crippen molar-refractivity contribution in [3.63, 3.8) is 0 Å². The van der Waals surface area contributed by atoms with Crippen LogP contribution < -0.4 is 10.6 Å². The number of carbonyl (C=O) groups is 1. The number of hydrogen-bond donors (Lipinski definition) is 3. The lowest BCUT2D eigenvalue weighted by molar-refractivity contribution is -0.122. The minimum Gasteiger partial charge on any atom is -0.396 e. The topological polar surface area (TPSA) is 61.4 Å². The van der Waals surface area contributed by atoms with E-state index in [0.717, 1.165) is 32.2 Å². The number of aliphatic hydroxyl groups is 1. The summed E-state index contributed by atoms with van der Waals surface area (Å²) in [6.45, 7) is 6.18. The first-order valence-electron chi connectivity index (χ1n) is 7.26. The Kier molecular flexibility index (Phi) is 9.40. The van der Waals surface area contributed by atoms with Crippen LogP contribution in [0, 0.1) is 5.41 Å². The Hall–Kier alpha value is -0.320. The van der Waals surface area contributed by atoms with E-state index < -0.39 is 0 Å². The predicted molar refractivity (Wildman–Crippen MR) is 80.6 cm³/mol. The fraction of sp³-hybridized carbons (Fsp3) is 0.929. The minimum atomic E-state index is 0. The zero-order chi connectivity index (χ0) is 13.4. The molecule has 0 aromatic rings. The molecule has 5 heteroatoms. The van der Waals surface area contributed by atoms with Gasteiger partial charge in [0.25, 0.3) is 0 Å². The molecule has 19 heavy (non-hydrogen) atoms. The van der Waals surface area contributed by atoms with Crippen molar-refractivity contribution in [2.75, 3.05) is 19.7 Å². The lowest BCUT2D eigenvalue weighted by atomic mass is 9.79. The van der Waals surface area contributed by atoms with Gasteiger partial charge >= 0.3 is 0 Å². The lowest BCUT2D eigenvalue weighted by Gasteiger charge is -2.31. The number of nitrogens with one attached hydrogen (secondary N) is 2. The van der Waals surface area contributed by atoms with Gasteiger partial charge in [0, 0.05) is 25.6 Å². The van der Waals surface area contributed by atoms with Gasteiger partial charge in [0.2, 0.25) is 5.91 Å². The third-order valence-corrected chi connectivity index (χ3v) is 4.40. The first-order chi connectivity index (χ1) is 8.65. The maximum Gasteiger partial charge on any atom is 0.221 e. The number of halogens is 1. The van der Waals surface area contributed by atoms with Crippen LogP contribution in [0.25, 0.3) is 0 Å². The van der Waals surface area contributed by atoms with Gasteiger partial charge in [0.15, 0.2) is 0 Å². The third-order valence-electron chi connectivity index (χ3n) is 4.40. The monoisotopic (exact) mass is 292 g/mol. The van der Waals surface area contributed by atoms with E-state index in [0.29, 0.717) is 19.0 Å². The second kappa shape index (κ2) is 9.56. The van der Waals surface area contributed by atoms with Gasteiger partial charge in [-0.15, -0.1) is 12.4 Å². The molecule has 1 fully saturated rings. The smallest absolute Gasteiger partial charge is 0.221 e. The van der Waals surface area contributed by atoms with E-state index in [2.05, 4.69) is 24.5 Å². The van der Waals surface area contributed by atoms with E-state index in [1.165, 1.54) is 6.42 Å². The van der Waals surface area contributed by atoms with Crippen molar-refractivity contribution in [1.82, 2.24) is 10.6 Å². The first-order valence-corrected chi connectivity index (χ1v) is 7.26. The second-order valence-electron chi connectivity index (χ2n) is 5.45. The van der Waals surface area contributed by atoms with E-state index in [1.807, 2.05) is 0 Å². The van der Waals surface area contributed by atoms with E-state index in [4.69, 9.17) is 5.11 Å². The highest BCUT2D eigenvalue weighted by Gasteiger charge is 2.26. The molecule has 0 radical (unpaired) electrons. The van der Waals surface area contributed by atoms with Crippen LogP contribution in [0.3, 0.4) is 0 Å². The molecule has 0 aromatic heterocycles. The minimum absolute atomic E-state index is 0. The van der Waals surface area contributed by atoms with Crippen molar-refractivity contribution < 1.29 is 9.90 Å². The Balaban J connectivity index is 0.00000324. The Morgan fingerprint density at radius 1 is 1.42 bits per heavy atom. The fourth-order valence-corrected chi connectivity index (χ4v) is 2.69. The number of hydrogen-bond acceptors (Lipinski definition) is 3. The molecule has 114 valence electrons. The summed E-state index contributed by atoms with van der Waals surface area (Å²) in [6, 6.07) is 0.362. The number of rotatable bonds is 8. The molecular formula is C14H29ClN2O2. The summed E-state index contributed by atoms with van der Waals surface area (Å²) in [5.41, 5.74) is 0.0630. The number of amides is 1. The molecule has 0 aromatic carbocycles.